The molecule has 1 aromatic carbocycles. The van der Waals surface area contributed by atoms with Gasteiger partial charge in [-0.05, 0) is 49.4 Å². The van der Waals surface area contributed by atoms with E-state index in [0.29, 0.717) is 49.9 Å². The molecule has 5 fully saturated rings. The molecule has 4 aliphatic heterocycles. The third-order valence-corrected chi connectivity index (χ3v) is 8.99. The number of nitrogens with zero attached hydrogens (tertiary/aromatic N) is 3. The van der Waals surface area contributed by atoms with Crippen LogP contribution in [0.2, 0.25) is 0 Å². The SMILES string of the molecule is COc1ccc(C(=O)N2C[C@@H]3CN(CCO3)C(=O)[C@@H]3C[C@@H](CN3CC3CC3)NC(=O)C[C@@H]3O[C@H](C2)[C@@H](O)[C@H]3O)cc1. The molecule has 1 aliphatic carbocycles. The number of benzene rings is 1. The van der Waals surface area contributed by atoms with Crippen molar-refractivity contribution in [2.45, 2.75) is 68.3 Å². The topological polar surface area (TPSA) is 141 Å². The quantitative estimate of drug-likeness (QED) is 0.424. The number of amides is 3. The van der Waals surface area contributed by atoms with Crippen LogP contribution >= 0.6 is 0 Å². The van der Waals surface area contributed by atoms with Gasteiger partial charge in [-0.3, -0.25) is 19.3 Å². The molecule has 7 atom stereocenters. The van der Waals surface area contributed by atoms with Gasteiger partial charge in [-0.15, -0.1) is 0 Å². The van der Waals surface area contributed by atoms with E-state index in [1.165, 1.54) is 0 Å². The number of morpholine rings is 1. The summed E-state index contributed by atoms with van der Waals surface area (Å²) in [6.07, 6.45) is -2.09. The van der Waals surface area contributed by atoms with Crippen molar-refractivity contribution in [3.05, 3.63) is 29.8 Å². The van der Waals surface area contributed by atoms with Crippen LogP contribution in [0.3, 0.4) is 0 Å². The molecule has 0 spiro atoms. The largest absolute Gasteiger partial charge is 0.497 e. The summed E-state index contributed by atoms with van der Waals surface area (Å²) in [5.74, 6) is 0.634. The van der Waals surface area contributed by atoms with Gasteiger partial charge >= 0.3 is 0 Å². The second-order valence-corrected chi connectivity index (χ2v) is 12.0. The number of hydrogen-bond donors (Lipinski definition) is 3. The lowest BCUT2D eigenvalue weighted by atomic mass is 10.0. The van der Waals surface area contributed by atoms with Crippen molar-refractivity contribution in [1.82, 2.24) is 20.0 Å². The molecule has 224 valence electrons. The maximum atomic E-state index is 13.8. The number of carbonyl (C=O) groups is 3. The van der Waals surface area contributed by atoms with E-state index in [1.54, 1.807) is 36.3 Å². The smallest absolute Gasteiger partial charge is 0.254 e. The van der Waals surface area contributed by atoms with Crippen molar-refractivity contribution in [3.8, 4) is 5.75 Å². The molecule has 4 saturated heterocycles. The second-order valence-electron chi connectivity index (χ2n) is 12.0. The molecular weight excluding hydrogens is 532 g/mol. The number of carbonyl (C=O) groups excluding carboxylic acids is 3. The predicted molar refractivity (Wildman–Crippen MR) is 145 cm³/mol. The molecule has 0 aromatic heterocycles. The zero-order valence-electron chi connectivity index (χ0n) is 23.4. The number of rotatable bonds is 4. The number of nitrogens with one attached hydrogen (secondary N) is 1. The van der Waals surface area contributed by atoms with Gasteiger partial charge in [-0.25, -0.2) is 0 Å². The average Bonchev–Trinajstić information content (AvgIpc) is 3.65. The molecule has 12 nitrogen and oxygen atoms in total. The van der Waals surface area contributed by atoms with Gasteiger partial charge in [0.25, 0.3) is 5.91 Å². The van der Waals surface area contributed by atoms with Gasteiger partial charge in [-0.2, -0.15) is 0 Å². The Bertz CT molecular complexity index is 1130. The number of methoxy groups -OCH3 is 1. The van der Waals surface area contributed by atoms with Crippen molar-refractivity contribution < 1.29 is 38.8 Å². The van der Waals surface area contributed by atoms with Crippen LogP contribution in [-0.2, 0) is 19.1 Å². The molecular formula is C29H40N4O8. The molecule has 1 aromatic rings. The summed E-state index contributed by atoms with van der Waals surface area (Å²) in [4.78, 5) is 46.1. The molecule has 5 aliphatic rings. The summed E-state index contributed by atoms with van der Waals surface area (Å²) in [5.41, 5.74) is 0.417. The number of fused-ring (bicyclic) bond motifs is 6. The number of ether oxygens (including phenoxy) is 3. The zero-order valence-corrected chi connectivity index (χ0v) is 23.4. The fourth-order valence-corrected chi connectivity index (χ4v) is 6.57. The van der Waals surface area contributed by atoms with E-state index in [1.807, 2.05) is 4.90 Å². The highest BCUT2D eigenvalue weighted by molar-refractivity contribution is 5.94. The number of hydrogen-bond acceptors (Lipinski definition) is 9. The summed E-state index contributed by atoms with van der Waals surface area (Å²) >= 11 is 0. The number of aliphatic hydroxyl groups is 2. The Hall–Kier alpha value is -2.77. The molecule has 0 unspecified atom stereocenters. The lowest BCUT2D eigenvalue weighted by molar-refractivity contribution is -0.144. The third-order valence-electron chi connectivity index (χ3n) is 8.99. The molecule has 0 radical (unpaired) electrons. The van der Waals surface area contributed by atoms with Gasteiger partial charge in [0.1, 0.15) is 24.1 Å². The van der Waals surface area contributed by atoms with E-state index in [2.05, 4.69) is 10.2 Å². The Morgan fingerprint density at radius 2 is 1.80 bits per heavy atom. The van der Waals surface area contributed by atoms with Crippen molar-refractivity contribution >= 4 is 17.7 Å². The maximum Gasteiger partial charge on any atom is 0.254 e. The first-order chi connectivity index (χ1) is 19.8. The zero-order chi connectivity index (χ0) is 28.7. The molecule has 12 heteroatoms. The molecule has 6 bridgehead atoms. The molecule has 41 heavy (non-hydrogen) atoms. The summed E-state index contributed by atoms with van der Waals surface area (Å²) in [5, 5.41) is 24.7. The van der Waals surface area contributed by atoms with Crippen LogP contribution in [-0.4, -0.2) is 138 Å². The van der Waals surface area contributed by atoms with Crippen LogP contribution in [0.15, 0.2) is 24.3 Å². The highest BCUT2D eigenvalue weighted by Gasteiger charge is 2.47. The van der Waals surface area contributed by atoms with Crippen LogP contribution in [0.1, 0.15) is 36.0 Å². The normalized spacial score (nSPS) is 35.0. The Labute approximate surface area is 239 Å². The Morgan fingerprint density at radius 3 is 2.54 bits per heavy atom. The molecule has 3 N–H and O–H groups in total. The van der Waals surface area contributed by atoms with E-state index in [0.717, 1.165) is 19.4 Å². The summed E-state index contributed by atoms with van der Waals surface area (Å²) < 4.78 is 17.3. The van der Waals surface area contributed by atoms with Gasteiger partial charge in [0, 0.05) is 50.9 Å². The Balaban J connectivity index is 1.27. The van der Waals surface area contributed by atoms with Crippen molar-refractivity contribution in [2.24, 2.45) is 5.92 Å². The first kappa shape index (κ1) is 28.4. The third kappa shape index (κ3) is 6.21. The van der Waals surface area contributed by atoms with E-state index >= 15 is 0 Å². The van der Waals surface area contributed by atoms with Crippen molar-refractivity contribution in [3.63, 3.8) is 0 Å². The molecule has 6 rings (SSSR count). The van der Waals surface area contributed by atoms with E-state index in [9.17, 15) is 24.6 Å². The lowest BCUT2D eigenvalue weighted by Crippen LogP contribution is -2.55. The van der Waals surface area contributed by atoms with E-state index in [-0.39, 0.29) is 49.3 Å². The lowest BCUT2D eigenvalue weighted by Gasteiger charge is -2.38. The molecule has 1 saturated carbocycles. The number of likely N-dealkylation sites (tertiary alicyclic amines) is 1. The minimum absolute atomic E-state index is 0.0184. The van der Waals surface area contributed by atoms with E-state index in [4.69, 9.17) is 14.2 Å². The van der Waals surface area contributed by atoms with E-state index < -0.39 is 30.5 Å². The fourth-order valence-electron chi connectivity index (χ4n) is 6.57. The van der Waals surface area contributed by atoms with Gasteiger partial charge in [0.05, 0.1) is 38.4 Å². The molecule has 3 amide bonds. The monoisotopic (exact) mass is 572 g/mol. The first-order valence-electron chi connectivity index (χ1n) is 14.7. The van der Waals surface area contributed by atoms with Crippen molar-refractivity contribution in [2.75, 3.05) is 53.0 Å². The maximum absolute atomic E-state index is 13.8. The van der Waals surface area contributed by atoms with Crippen LogP contribution in [0.5, 0.6) is 5.75 Å². The molecule has 4 heterocycles. The first-order valence-corrected chi connectivity index (χ1v) is 14.7. The Kier molecular flexibility index (Phi) is 8.19. The minimum atomic E-state index is -1.27. The van der Waals surface area contributed by atoms with Gasteiger partial charge in [0.2, 0.25) is 11.8 Å². The highest BCUT2D eigenvalue weighted by Crippen LogP contribution is 2.33. The summed E-state index contributed by atoms with van der Waals surface area (Å²) in [6.45, 7) is 2.71. The second kappa shape index (κ2) is 11.8. The summed E-state index contributed by atoms with van der Waals surface area (Å²) in [6, 6.07) is 6.21. The highest BCUT2D eigenvalue weighted by atomic mass is 16.5. The minimum Gasteiger partial charge on any atom is -0.497 e. The van der Waals surface area contributed by atoms with Crippen LogP contribution < -0.4 is 10.1 Å². The number of aliphatic hydroxyl groups excluding tert-OH is 2. The fraction of sp³-hybridized carbons (Fsp3) is 0.690. The van der Waals surface area contributed by atoms with Gasteiger partial charge in [-0.1, -0.05) is 0 Å². The summed E-state index contributed by atoms with van der Waals surface area (Å²) in [7, 11) is 1.55. The average molecular weight is 573 g/mol. The van der Waals surface area contributed by atoms with Crippen LogP contribution in [0, 0.1) is 5.92 Å². The standard InChI is InChI=1S/C29H40N4O8/c1-39-20-6-4-18(5-7-20)28(37)33-15-21-14-31(8-9-40-21)29(38)22-10-19(13-32(22)12-17-2-3-17)30-25(34)11-23-26(35)27(36)24(16-33)41-23/h4-7,17,19,21-24,26-27,35-36H,2-3,8-16H2,1H3,(H,30,34)/t19-,21-,22-,23-,24+,26-,27+/m0/s1. The predicted octanol–water partition coefficient (Wildman–Crippen LogP) is -0.773. The van der Waals surface area contributed by atoms with Gasteiger partial charge < -0.3 is 39.5 Å². The van der Waals surface area contributed by atoms with Gasteiger partial charge in [0.15, 0.2) is 0 Å². The van der Waals surface area contributed by atoms with Crippen LogP contribution in [0.4, 0.5) is 0 Å². The van der Waals surface area contributed by atoms with Crippen molar-refractivity contribution in [1.29, 1.82) is 0 Å². The van der Waals surface area contributed by atoms with Crippen LogP contribution in [0.25, 0.3) is 0 Å². The Morgan fingerprint density at radius 1 is 1.05 bits per heavy atom.